The number of ether oxygens (including phenoxy) is 1. The predicted octanol–water partition coefficient (Wildman–Crippen LogP) is -1.23. The van der Waals surface area contributed by atoms with Crippen molar-refractivity contribution >= 4 is 17.7 Å². The second kappa shape index (κ2) is 9.16. The molecule has 1 aromatic heterocycles. The lowest BCUT2D eigenvalue weighted by atomic mass is 10.2. The summed E-state index contributed by atoms with van der Waals surface area (Å²) in [6, 6.07) is 4.80. The third-order valence-electron chi connectivity index (χ3n) is 3.66. The summed E-state index contributed by atoms with van der Waals surface area (Å²) in [5, 5.41) is 17.6. The summed E-state index contributed by atoms with van der Waals surface area (Å²) in [5.74, 6) is -0.709. The minimum absolute atomic E-state index is 0.0561. The van der Waals surface area contributed by atoms with Gasteiger partial charge >= 0.3 is 5.97 Å². The first kappa shape index (κ1) is 18.1. The van der Waals surface area contributed by atoms with Crippen LogP contribution in [0.5, 0.6) is 0 Å². The molecular weight excluding hydrogens is 314 g/mol. The summed E-state index contributed by atoms with van der Waals surface area (Å²) in [7, 11) is 0. The van der Waals surface area contributed by atoms with Crippen molar-refractivity contribution in [1.82, 2.24) is 15.6 Å². The van der Waals surface area contributed by atoms with Gasteiger partial charge in [-0.1, -0.05) is 6.07 Å². The van der Waals surface area contributed by atoms with Crippen LogP contribution in [-0.4, -0.2) is 66.4 Å². The Labute approximate surface area is 140 Å². The zero-order chi connectivity index (χ0) is 17.4. The highest BCUT2D eigenvalue weighted by Gasteiger charge is 2.25. The SMILES string of the molecule is N[C@@H](CNC(=O)CO[C@H]1CN[C@H](CNc2ccccn2)C1)C(=O)O. The molecule has 132 valence electrons. The van der Waals surface area contributed by atoms with Crippen molar-refractivity contribution in [1.29, 1.82) is 0 Å². The Morgan fingerprint density at radius 1 is 1.50 bits per heavy atom. The molecule has 24 heavy (non-hydrogen) atoms. The first-order valence-electron chi connectivity index (χ1n) is 7.79. The molecule has 1 fully saturated rings. The Morgan fingerprint density at radius 2 is 2.33 bits per heavy atom. The van der Waals surface area contributed by atoms with Crippen LogP contribution in [0.15, 0.2) is 24.4 Å². The van der Waals surface area contributed by atoms with E-state index in [1.165, 1.54) is 0 Å². The van der Waals surface area contributed by atoms with E-state index in [1.807, 2.05) is 18.2 Å². The van der Waals surface area contributed by atoms with Gasteiger partial charge in [0, 0.05) is 31.9 Å². The number of hydrogen-bond donors (Lipinski definition) is 5. The summed E-state index contributed by atoms with van der Waals surface area (Å²) in [4.78, 5) is 26.3. The second-order valence-electron chi connectivity index (χ2n) is 5.62. The largest absolute Gasteiger partial charge is 0.480 e. The van der Waals surface area contributed by atoms with Gasteiger partial charge in [-0.25, -0.2) is 4.98 Å². The van der Waals surface area contributed by atoms with Gasteiger partial charge in [-0.05, 0) is 18.6 Å². The lowest BCUT2D eigenvalue weighted by molar-refractivity contribution is -0.138. The molecule has 0 saturated carbocycles. The first-order valence-corrected chi connectivity index (χ1v) is 7.79. The van der Waals surface area contributed by atoms with E-state index in [-0.39, 0.29) is 31.2 Å². The molecule has 3 atom stereocenters. The van der Waals surface area contributed by atoms with Crippen LogP contribution in [0.3, 0.4) is 0 Å². The maximum absolute atomic E-state index is 11.6. The van der Waals surface area contributed by atoms with Gasteiger partial charge in [-0.2, -0.15) is 0 Å². The molecule has 2 heterocycles. The fraction of sp³-hybridized carbons (Fsp3) is 0.533. The van der Waals surface area contributed by atoms with E-state index in [0.29, 0.717) is 6.54 Å². The zero-order valence-electron chi connectivity index (χ0n) is 13.3. The molecule has 1 aliphatic heterocycles. The molecule has 0 bridgehead atoms. The highest BCUT2D eigenvalue weighted by Crippen LogP contribution is 2.11. The molecule has 6 N–H and O–H groups in total. The topological polar surface area (TPSA) is 139 Å². The molecule has 2 rings (SSSR count). The van der Waals surface area contributed by atoms with Crippen LogP contribution in [0.4, 0.5) is 5.82 Å². The molecule has 9 heteroatoms. The molecule has 1 amide bonds. The number of nitrogens with one attached hydrogen (secondary N) is 3. The molecule has 1 saturated heterocycles. The van der Waals surface area contributed by atoms with Gasteiger partial charge in [0.25, 0.3) is 0 Å². The van der Waals surface area contributed by atoms with Crippen molar-refractivity contribution < 1.29 is 19.4 Å². The lowest BCUT2D eigenvalue weighted by Gasteiger charge is -2.13. The van der Waals surface area contributed by atoms with Crippen molar-refractivity contribution in [3.63, 3.8) is 0 Å². The molecule has 0 unspecified atom stereocenters. The Balaban J connectivity index is 1.60. The van der Waals surface area contributed by atoms with E-state index in [9.17, 15) is 9.59 Å². The van der Waals surface area contributed by atoms with Gasteiger partial charge in [0.15, 0.2) is 0 Å². The number of amides is 1. The standard InChI is InChI=1S/C15H23N5O4/c16-12(15(22)23)8-20-14(21)9-24-11-5-10(18-7-11)6-19-13-3-1-2-4-17-13/h1-4,10-12,18H,5-9,16H2,(H,17,19)(H,20,21)(H,22,23)/t10-,11+,12-/m0/s1. The quantitative estimate of drug-likeness (QED) is 0.377. The Kier molecular flexibility index (Phi) is 6.91. The number of carboxylic acids is 1. The number of aromatic nitrogens is 1. The third-order valence-corrected chi connectivity index (χ3v) is 3.66. The first-order chi connectivity index (χ1) is 11.5. The normalized spacial score (nSPS) is 21.2. The Bertz CT molecular complexity index is 542. The van der Waals surface area contributed by atoms with Crippen LogP contribution in [0, 0.1) is 0 Å². The third kappa shape index (κ3) is 6.11. The van der Waals surface area contributed by atoms with E-state index < -0.39 is 12.0 Å². The monoisotopic (exact) mass is 337 g/mol. The summed E-state index contributed by atoms with van der Waals surface area (Å²) in [6.07, 6.45) is 2.45. The van der Waals surface area contributed by atoms with Crippen LogP contribution in [-0.2, 0) is 14.3 Å². The lowest BCUT2D eigenvalue weighted by Crippen LogP contribution is -2.43. The number of aliphatic carboxylic acids is 1. The molecule has 0 radical (unpaired) electrons. The molecule has 9 nitrogen and oxygen atoms in total. The minimum Gasteiger partial charge on any atom is -0.480 e. The molecule has 1 aromatic rings. The maximum Gasteiger partial charge on any atom is 0.322 e. The second-order valence-corrected chi connectivity index (χ2v) is 5.62. The van der Waals surface area contributed by atoms with Crippen LogP contribution in [0.2, 0.25) is 0 Å². The van der Waals surface area contributed by atoms with Crippen LogP contribution in [0.1, 0.15) is 6.42 Å². The average Bonchev–Trinajstić information content (AvgIpc) is 3.04. The number of nitrogens with zero attached hydrogens (tertiary/aromatic N) is 1. The van der Waals surface area contributed by atoms with E-state index in [4.69, 9.17) is 15.6 Å². The van der Waals surface area contributed by atoms with Gasteiger partial charge in [0.1, 0.15) is 18.5 Å². The van der Waals surface area contributed by atoms with Crippen LogP contribution < -0.4 is 21.7 Å². The molecule has 0 aliphatic carbocycles. The van der Waals surface area contributed by atoms with Gasteiger partial charge in [0.05, 0.1) is 6.10 Å². The molecule has 0 aromatic carbocycles. The Hall–Kier alpha value is -2.23. The molecular formula is C15H23N5O4. The van der Waals surface area contributed by atoms with Gasteiger partial charge in [-0.15, -0.1) is 0 Å². The van der Waals surface area contributed by atoms with Crippen molar-refractivity contribution in [3.05, 3.63) is 24.4 Å². The number of anilines is 1. The van der Waals surface area contributed by atoms with E-state index in [0.717, 1.165) is 18.8 Å². The Morgan fingerprint density at radius 3 is 3.04 bits per heavy atom. The van der Waals surface area contributed by atoms with Crippen molar-refractivity contribution in [2.75, 3.05) is 31.6 Å². The average molecular weight is 337 g/mol. The van der Waals surface area contributed by atoms with Crippen LogP contribution in [0.25, 0.3) is 0 Å². The van der Waals surface area contributed by atoms with E-state index in [1.54, 1.807) is 6.20 Å². The van der Waals surface area contributed by atoms with Crippen molar-refractivity contribution in [2.45, 2.75) is 24.6 Å². The maximum atomic E-state index is 11.6. The molecule has 0 spiro atoms. The summed E-state index contributed by atoms with van der Waals surface area (Å²) in [5.41, 5.74) is 5.31. The molecule has 1 aliphatic rings. The number of hydrogen-bond acceptors (Lipinski definition) is 7. The summed E-state index contributed by atoms with van der Waals surface area (Å²) >= 11 is 0. The number of pyridine rings is 1. The minimum atomic E-state index is -1.15. The van der Waals surface area contributed by atoms with Gasteiger partial charge in [-0.3, -0.25) is 9.59 Å². The van der Waals surface area contributed by atoms with Crippen molar-refractivity contribution in [3.8, 4) is 0 Å². The highest BCUT2D eigenvalue weighted by atomic mass is 16.5. The van der Waals surface area contributed by atoms with Gasteiger partial charge in [0.2, 0.25) is 5.91 Å². The van der Waals surface area contributed by atoms with Gasteiger partial charge < -0.3 is 31.5 Å². The number of carbonyl (C=O) groups excluding carboxylic acids is 1. The highest BCUT2D eigenvalue weighted by molar-refractivity contribution is 5.79. The van der Waals surface area contributed by atoms with E-state index in [2.05, 4.69) is 20.9 Å². The van der Waals surface area contributed by atoms with E-state index >= 15 is 0 Å². The summed E-state index contributed by atoms with van der Waals surface area (Å²) in [6.45, 7) is 1.16. The number of carboxylic acid groups (broad SMARTS) is 1. The summed E-state index contributed by atoms with van der Waals surface area (Å²) < 4.78 is 5.53. The number of rotatable bonds is 9. The fourth-order valence-corrected chi connectivity index (χ4v) is 2.32. The number of nitrogens with two attached hydrogens (primary N) is 1. The number of carbonyl (C=O) groups is 2. The van der Waals surface area contributed by atoms with Crippen LogP contribution >= 0.6 is 0 Å². The predicted molar refractivity (Wildman–Crippen MR) is 87.5 cm³/mol. The smallest absolute Gasteiger partial charge is 0.322 e. The fourth-order valence-electron chi connectivity index (χ4n) is 2.32. The van der Waals surface area contributed by atoms with Crippen molar-refractivity contribution in [2.24, 2.45) is 5.73 Å². The zero-order valence-corrected chi connectivity index (χ0v) is 13.3.